The van der Waals surface area contributed by atoms with Crippen LogP contribution in [-0.2, 0) is 22.7 Å². The van der Waals surface area contributed by atoms with Gasteiger partial charge in [-0.2, -0.15) is 0 Å². The van der Waals surface area contributed by atoms with Gasteiger partial charge in [-0.25, -0.2) is 9.59 Å². The van der Waals surface area contributed by atoms with E-state index in [0.29, 0.717) is 11.1 Å². The van der Waals surface area contributed by atoms with Crippen LogP contribution in [0.15, 0.2) is 60.7 Å². The molecule has 0 atom stereocenters. The molecule has 4 nitrogen and oxygen atoms in total. The second kappa shape index (κ2) is 9.40. The second-order valence-electron chi connectivity index (χ2n) is 7.47. The quantitative estimate of drug-likeness (QED) is 0.501. The summed E-state index contributed by atoms with van der Waals surface area (Å²) in [6, 6.07) is 18.3. The van der Waals surface area contributed by atoms with Crippen molar-refractivity contribution in [3.05, 3.63) is 105 Å². The average molecular weight is 402 g/mol. The lowest BCUT2D eigenvalue weighted by atomic mass is 10.0. The molecule has 154 valence electrons. The summed E-state index contributed by atoms with van der Waals surface area (Å²) in [5.41, 5.74) is 7.17. The van der Waals surface area contributed by atoms with E-state index < -0.39 is 11.9 Å². The minimum Gasteiger partial charge on any atom is -0.457 e. The van der Waals surface area contributed by atoms with Gasteiger partial charge in [0.2, 0.25) is 0 Å². The first-order valence-corrected chi connectivity index (χ1v) is 9.91. The van der Waals surface area contributed by atoms with Crippen LogP contribution in [0.2, 0.25) is 0 Å². The maximum Gasteiger partial charge on any atom is 0.338 e. The van der Waals surface area contributed by atoms with Gasteiger partial charge in [0.15, 0.2) is 0 Å². The molecule has 3 rings (SSSR count). The van der Waals surface area contributed by atoms with E-state index in [1.807, 2.05) is 64.1 Å². The van der Waals surface area contributed by atoms with E-state index in [1.165, 1.54) is 0 Å². The van der Waals surface area contributed by atoms with Crippen LogP contribution in [0.5, 0.6) is 0 Å². The fourth-order valence-corrected chi connectivity index (χ4v) is 3.34. The monoisotopic (exact) mass is 402 g/mol. The van der Waals surface area contributed by atoms with Crippen LogP contribution >= 0.6 is 0 Å². The molecule has 0 bridgehead atoms. The van der Waals surface area contributed by atoms with Gasteiger partial charge in [-0.1, -0.05) is 36.4 Å². The largest absolute Gasteiger partial charge is 0.457 e. The van der Waals surface area contributed by atoms with Gasteiger partial charge in [0.05, 0.1) is 11.1 Å². The van der Waals surface area contributed by atoms with E-state index in [0.717, 1.165) is 33.4 Å². The number of hydrogen-bond donors (Lipinski definition) is 0. The molecule has 3 aromatic carbocycles. The molecule has 0 aliphatic rings. The normalized spacial score (nSPS) is 10.5. The zero-order chi connectivity index (χ0) is 21.7. The number of esters is 2. The minimum absolute atomic E-state index is 0.219. The number of rotatable bonds is 6. The highest BCUT2D eigenvalue weighted by atomic mass is 16.5. The van der Waals surface area contributed by atoms with Crippen molar-refractivity contribution in [2.75, 3.05) is 0 Å². The van der Waals surface area contributed by atoms with Gasteiger partial charge < -0.3 is 9.47 Å². The van der Waals surface area contributed by atoms with Crippen LogP contribution in [0.4, 0.5) is 0 Å². The molecule has 0 heterocycles. The molecule has 0 N–H and O–H groups in total. The summed E-state index contributed by atoms with van der Waals surface area (Å²) >= 11 is 0. The van der Waals surface area contributed by atoms with Gasteiger partial charge in [0.1, 0.15) is 13.2 Å². The van der Waals surface area contributed by atoms with E-state index in [-0.39, 0.29) is 13.2 Å². The molecule has 0 amide bonds. The molecule has 0 aliphatic heterocycles. The smallest absolute Gasteiger partial charge is 0.338 e. The van der Waals surface area contributed by atoms with Gasteiger partial charge in [-0.15, -0.1) is 0 Å². The molecule has 0 radical (unpaired) electrons. The first kappa shape index (κ1) is 21.3. The van der Waals surface area contributed by atoms with E-state index in [2.05, 4.69) is 0 Å². The Morgan fingerprint density at radius 3 is 1.17 bits per heavy atom. The summed E-state index contributed by atoms with van der Waals surface area (Å²) in [7, 11) is 0. The number of benzene rings is 3. The Balaban J connectivity index is 1.60. The minimum atomic E-state index is -0.423. The van der Waals surface area contributed by atoms with Crippen LogP contribution in [0.25, 0.3) is 0 Å². The third kappa shape index (κ3) is 4.95. The van der Waals surface area contributed by atoms with Crippen molar-refractivity contribution < 1.29 is 19.1 Å². The Hall–Kier alpha value is -3.40. The Morgan fingerprint density at radius 2 is 0.867 bits per heavy atom. The van der Waals surface area contributed by atoms with Gasteiger partial charge in [-0.05, 0) is 85.3 Å². The molecular weight excluding hydrogens is 376 g/mol. The third-order valence-corrected chi connectivity index (χ3v) is 5.34. The summed E-state index contributed by atoms with van der Waals surface area (Å²) < 4.78 is 10.9. The van der Waals surface area contributed by atoms with E-state index >= 15 is 0 Å². The van der Waals surface area contributed by atoms with Gasteiger partial charge in [0, 0.05) is 0 Å². The zero-order valence-electron chi connectivity index (χ0n) is 17.8. The molecule has 3 aromatic rings. The van der Waals surface area contributed by atoms with Crippen LogP contribution in [-0.4, -0.2) is 11.9 Å². The summed E-state index contributed by atoms with van der Waals surface area (Å²) in [6.07, 6.45) is 0. The highest BCUT2D eigenvalue weighted by molar-refractivity contribution is 5.93. The Bertz CT molecular complexity index is 938. The van der Waals surface area contributed by atoms with Crippen molar-refractivity contribution >= 4 is 11.9 Å². The molecule has 0 saturated carbocycles. The van der Waals surface area contributed by atoms with Crippen LogP contribution in [0.1, 0.15) is 54.1 Å². The Morgan fingerprint density at radius 1 is 0.567 bits per heavy atom. The molecule has 4 heteroatoms. The molecule has 0 aliphatic carbocycles. The molecule has 0 spiro atoms. The molecule has 0 saturated heterocycles. The zero-order valence-corrected chi connectivity index (χ0v) is 17.8. The molecule has 0 aromatic heterocycles. The van der Waals surface area contributed by atoms with Crippen molar-refractivity contribution in [2.45, 2.75) is 40.9 Å². The van der Waals surface area contributed by atoms with Crippen LogP contribution in [0, 0.1) is 27.7 Å². The lowest BCUT2D eigenvalue weighted by Gasteiger charge is -2.11. The standard InChI is InChI=1S/C26H26O4/c1-17-7-5-8-18(2)23(17)15-29-25(27)21-11-13-22(14-12-21)26(28)30-16-24-19(3)9-6-10-20(24)4/h5-14H,15-16H2,1-4H3. The highest BCUT2D eigenvalue weighted by Gasteiger charge is 2.13. The first-order chi connectivity index (χ1) is 14.4. The predicted octanol–water partition coefficient (Wildman–Crippen LogP) is 5.63. The summed E-state index contributed by atoms with van der Waals surface area (Å²) in [5, 5.41) is 0. The molecule has 30 heavy (non-hydrogen) atoms. The van der Waals surface area contributed by atoms with Crippen molar-refractivity contribution in [2.24, 2.45) is 0 Å². The fourth-order valence-electron chi connectivity index (χ4n) is 3.34. The number of carbonyl (C=O) groups excluding carboxylic acids is 2. The molecule has 0 fully saturated rings. The predicted molar refractivity (Wildman–Crippen MR) is 117 cm³/mol. The fraction of sp³-hybridized carbons (Fsp3) is 0.231. The van der Waals surface area contributed by atoms with Gasteiger partial charge in [-0.3, -0.25) is 0 Å². The highest BCUT2D eigenvalue weighted by Crippen LogP contribution is 2.17. The SMILES string of the molecule is Cc1cccc(C)c1COC(=O)c1ccc(C(=O)OCc2c(C)cccc2C)cc1. The van der Waals surface area contributed by atoms with Crippen molar-refractivity contribution in [3.63, 3.8) is 0 Å². The summed E-state index contributed by atoms with van der Waals surface area (Å²) in [6.45, 7) is 8.42. The lowest BCUT2D eigenvalue weighted by molar-refractivity contribution is 0.0457. The van der Waals surface area contributed by atoms with E-state index in [9.17, 15) is 9.59 Å². The van der Waals surface area contributed by atoms with Crippen molar-refractivity contribution in [1.29, 1.82) is 0 Å². The maximum atomic E-state index is 12.4. The topological polar surface area (TPSA) is 52.6 Å². The Labute approximate surface area is 177 Å². The van der Waals surface area contributed by atoms with Crippen LogP contribution < -0.4 is 0 Å². The number of aryl methyl sites for hydroxylation is 4. The van der Waals surface area contributed by atoms with Gasteiger partial charge >= 0.3 is 11.9 Å². The van der Waals surface area contributed by atoms with Gasteiger partial charge in [0.25, 0.3) is 0 Å². The number of carbonyl (C=O) groups is 2. The number of hydrogen-bond acceptors (Lipinski definition) is 4. The molecule has 0 unspecified atom stereocenters. The number of ether oxygens (including phenoxy) is 2. The molecular formula is C26H26O4. The van der Waals surface area contributed by atoms with Crippen molar-refractivity contribution in [3.8, 4) is 0 Å². The third-order valence-electron chi connectivity index (χ3n) is 5.34. The first-order valence-electron chi connectivity index (χ1n) is 9.91. The average Bonchev–Trinajstić information content (AvgIpc) is 2.73. The summed E-state index contributed by atoms with van der Waals surface area (Å²) in [4.78, 5) is 24.7. The van der Waals surface area contributed by atoms with Crippen molar-refractivity contribution in [1.82, 2.24) is 0 Å². The lowest BCUT2D eigenvalue weighted by Crippen LogP contribution is -2.09. The van der Waals surface area contributed by atoms with Crippen LogP contribution in [0.3, 0.4) is 0 Å². The van der Waals surface area contributed by atoms with E-state index in [1.54, 1.807) is 24.3 Å². The van der Waals surface area contributed by atoms with E-state index in [4.69, 9.17) is 9.47 Å². The summed E-state index contributed by atoms with van der Waals surface area (Å²) in [5.74, 6) is -0.846. The Kier molecular flexibility index (Phi) is 6.68. The second-order valence-corrected chi connectivity index (χ2v) is 7.47. The maximum absolute atomic E-state index is 12.4.